The van der Waals surface area contributed by atoms with Crippen molar-refractivity contribution in [1.29, 1.82) is 0 Å². The van der Waals surface area contributed by atoms with Gasteiger partial charge in [-0.1, -0.05) is 29.3 Å². The maximum absolute atomic E-state index is 10.4. The summed E-state index contributed by atoms with van der Waals surface area (Å²) in [7, 11) is 2.06. The number of benzene rings is 1. The number of ether oxygens (including phenoxy) is 1. The molecule has 0 amide bonds. The van der Waals surface area contributed by atoms with Gasteiger partial charge in [-0.05, 0) is 26.5 Å². The van der Waals surface area contributed by atoms with Crippen LogP contribution >= 0.6 is 0 Å². The minimum atomic E-state index is -0.531. The summed E-state index contributed by atoms with van der Waals surface area (Å²) in [4.78, 5) is 2.19. The lowest BCUT2D eigenvalue weighted by atomic mass is 9.99. The number of nitrogens with zero attached hydrogens (tertiary/aromatic N) is 1. The highest BCUT2D eigenvalue weighted by Gasteiger charge is 2.26. The van der Waals surface area contributed by atoms with Gasteiger partial charge < -0.3 is 14.7 Å². The first kappa shape index (κ1) is 12.6. The molecule has 0 bridgehead atoms. The number of likely N-dealkylation sites (N-methyl/N-ethyl adjacent to an activating group) is 1. The summed E-state index contributed by atoms with van der Waals surface area (Å²) < 4.78 is 5.65. The van der Waals surface area contributed by atoms with Gasteiger partial charge in [0, 0.05) is 13.1 Å². The maximum Gasteiger partial charge on any atom is 0.106 e. The van der Waals surface area contributed by atoms with Crippen molar-refractivity contribution >= 4 is 0 Å². The van der Waals surface area contributed by atoms with Gasteiger partial charge in [-0.25, -0.2) is 0 Å². The van der Waals surface area contributed by atoms with Gasteiger partial charge in [0.1, 0.15) is 12.2 Å². The highest BCUT2D eigenvalue weighted by molar-refractivity contribution is 5.30. The first-order valence-electron chi connectivity index (χ1n) is 6.12. The van der Waals surface area contributed by atoms with Crippen LogP contribution in [0.25, 0.3) is 0 Å². The van der Waals surface area contributed by atoms with Crippen molar-refractivity contribution in [3.05, 3.63) is 34.9 Å². The van der Waals surface area contributed by atoms with Crippen LogP contribution in [0.4, 0.5) is 0 Å². The average Bonchev–Trinajstić information content (AvgIpc) is 2.26. The summed E-state index contributed by atoms with van der Waals surface area (Å²) in [6.07, 6.45) is -0.647. The molecule has 1 heterocycles. The van der Waals surface area contributed by atoms with Crippen LogP contribution < -0.4 is 0 Å². The fourth-order valence-electron chi connectivity index (χ4n) is 2.40. The molecule has 1 aliphatic heterocycles. The van der Waals surface area contributed by atoms with Crippen molar-refractivity contribution in [2.75, 3.05) is 26.7 Å². The summed E-state index contributed by atoms with van der Waals surface area (Å²) >= 11 is 0. The van der Waals surface area contributed by atoms with Gasteiger partial charge in [0.25, 0.3) is 0 Å². The standard InChI is InChI=1S/C14H21NO2/c1-10-6-11(2)8-12(7-10)14(16)13-9-15(3)4-5-17-13/h6-8,13-14,16H,4-5,9H2,1-3H3. The van der Waals surface area contributed by atoms with Crippen molar-refractivity contribution in [2.45, 2.75) is 26.1 Å². The minimum absolute atomic E-state index is 0.116. The molecular weight excluding hydrogens is 214 g/mol. The molecule has 1 saturated heterocycles. The second-order valence-electron chi connectivity index (χ2n) is 5.04. The smallest absolute Gasteiger partial charge is 0.106 e. The van der Waals surface area contributed by atoms with E-state index in [9.17, 15) is 5.11 Å². The molecule has 0 spiro atoms. The summed E-state index contributed by atoms with van der Waals surface area (Å²) in [6.45, 7) is 6.53. The van der Waals surface area contributed by atoms with E-state index in [2.05, 4.69) is 31.9 Å². The van der Waals surface area contributed by atoms with Gasteiger partial charge in [0.05, 0.1) is 6.61 Å². The Morgan fingerprint density at radius 1 is 1.29 bits per heavy atom. The minimum Gasteiger partial charge on any atom is -0.386 e. The van der Waals surface area contributed by atoms with Gasteiger partial charge in [-0.2, -0.15) is 0 Å². The third-order valence-electron chi connectivity index (χ3n) is 3.23. The lowest BCUT2D eigenvalue weighted by Gasteiger charge is -2.33. The number of morpholine rings is 1. The van der Waals surface area contributed by atoms with Crippen LogP contribution in [0, 0.1) is 13.8 Å². The largest absolute Gasteiger partial charge is 0.386 e. The van der Waals surface area contributed by atoms with E-state index in [4.69, 9.17) is 4.74 Å². The van der Waals surface area contributed by atoms with Crippen molar-refractivity contribution in [3.8, 4) is 0 Å². The number of aliphatic hydroxyl groups is 1. The number of hydrogen-bond acceptors (Lipinski definition) is 3. The first-order valence-corrected chi connectivity index (χ1v) is 6.12. The Kier molecular flexibility index (Phi) is 3.82. The van der Waals surface area contributed by atoms with E-state index in [-0.39, 0.29) is 6.10 Å². The quantitative estimate of drug-likeness (QED) is 0.846. The maximum atomic E-state index is 10.4. The predicted octanol–water partition coefficient (Wildman–Crippen LogP) is 1.67. The zero-order valence-electron chi connectivity index (χ0n) is 10.8. The van der Waals surface area contributed by atoms with Gasteiger partial charge in [-0.3, -0.25) is 0 Å². The van der Waals surface area contributed by atoms with Crippen molar-refractivity contribution in [2.24, 2.45) is 0 Å². The number of aryl methyl sites for hydroxylation is 2. The number of hydrogen-bond donors (Lipinski definition) is 1. The third-order valence-corrected chi connectivity index (χ3v) is 3.23. The predicted molar refractivity (Wildman–Crippen MR) is 68.1 cm³/mol. The van der Waals surface area contributed by atoms with Crippen LogP contribution in [0.1, 0.15) is 22.8 Å². The first-order chi connectivity index (χ1) is 8.06. The molecule has 1 fully saturated rings. The monoisotopic (exact) mass is 235 g/mol. The molecule has 2 rings (SSSR count). The molecule has 0 aromatic heterocycles. The molecule has 17 heavy (non-hydrogen) atoms. The van der Waals surface area contributed by atoms with E-state index < -0.39 is 6.10 Å². The molecule has 0 radical (unpaired) electrons. The van der Waals surface area contributed by atoms with E-state index in [1.165, 1.54) is 11.1 Å². The summed E-state index contributed by atoms with van der Waals surface area (Å²) in [6, 6.07) is 6.19. The molecule has 1 aliphatic rings. The fourth-order valence-corrected chi connectivity index (χ4v) is 2.40. The van der Waals surface area contributed by atoms with Gasteiger partial charge >= 0.3 is 0 Å². The van der Waals surface area contributed by atoms with E-state index in [0.29, 0.717) is 6.61 Å². The number of aliphatic hydroxyl groups excluding tert-OH is 1. The third kappa shape index (κ3) is 3.06. The van der Waals surface area contributed by atoms with Crippen LogP contribution in [0.5, 0.6) is 0 Å². The Hall–Kier alpha value is -0.900. The molecule has 0 saturated carbocycles. The molecule has 3 nitrogen and oxygen atoms in total. The molecule has 1 aromatic carbocycles. The van der Waals surface area contributed by atoms with Crippen molar-refractivity contribution < 1.29 is 9.84 Å². The van der Waals surface area contributed by atoms with Crippen LogP contribution in [-0.4, -0.2) is 42.9 Å². The Morgan fingerprint density at radius 3 is 2.53 bits per heavy atom. The molecule has 2 atom stereocenters. The van der Waals surface area contributed by atoms with Gasteiger partial charge in [0.15, 0.2) is 0 Å². The molecule has 2 unspecified atom stereocenters. The topological polar surface area (TPSA) is 32.7 Å². The lowest BCUT2D eigenvalue weighted by Crippen LogP contribution is -2.43. The second kappa shape index (κ2) is 5.17. The summed E-state index contributed by atoms with van der Waals surface area (Å²) in [5, 5.41) is 10.4. The number of rotatable bonds is 2. The Bertz CT molecular complexity index is 372. The van der Waals surface area contributed by atoms with Crippen LogP contribution in [0.15, 0.2) is 18.2 Å². The molecule has 94 valence electrons. The Morgan fingerprint density at radius 2 is 1.94 bits per heavy atom. The van der Waals surface area contributed by atoms with Crippen molar-refractivity contribution in [3.63, 3.8) is 0 Å². The van der Waals surface area contributed by atoms with E-state index in [0.717, 1.165) is 18.7 Å². The van der Waals surface area contributed by atoms with E-state index in [1.54, 1.807) is 0 Å². The van der Waals surface area contributed by atoms with Crippen LogP contribution in [-0.2, 0) is 4.74 Å². The van der Waals surface area contributed by atoms with Crippen LogP contribution in [0.3, 0.4) is 0 Å². The normalized spacial score (nSPS) is 23.6. The zero-order valence-corrected chi connectivity index (χ0v) is 10.8. The summed E-state index contributed by atoms with van der Waals surface area (Å²) in [5.74, 6) is 0. The Labute approximate surface area is 103 Å². The SMILES string of the molecule is Cc1cc(C)cc(C(O)C2CN(C)CCO2)c1. The molecule has 1 N–H and O–H groups in total. The van der Waals surface area contributed by atoms with Crippen LogP contribution in [0.2, 0.25) is 0 Å². The highest BCUT2D eigenvalue weighted by atomic mass is 16.5. The van der Waals surface area contributed by atoms with Gasteiger partial charge in [-0.15, -0.1) is 0 Å². The lowest BCUT2D eigenvalue weighted by molar-refractivity contribution is -0.0844. The molecular formula is C14H21NO2. The second-order valence-corrected chi connectivity index (χ2v) is 5.04. The summed E-state index contributed by atoms with van der Waals surface area (Å²) in [5.41, 5.74) is 3.33. The zero-order chi connectivity index (χ0) is 12.4. The van der Waals surface area contributed by atoms with Crippen molar-refractivity contribution in [1.82, 2.24) is 4.90 Å². The molecule has 3 heteroatoms. The molecule has 0 aliphatic carbocycles. The Balaban J connectivity index is 2.15. The highest BCUT2D eigenvalue weighted by Crippen LogP contribution is 2.23. The fraction of sp³-hybridized carbons (Fsp3) is 0.571. The average molecular weight is 235 g/mol. The van der Waals surface area contributed by atoms with E-state index >= 15 is 0 Å². The van der Waals surface area contributed by atoms with Gasteiger partial charge in [0.2, 0.25) is 0 Å². The molecule has 1 aromatic rings. The van der Waals surface area contributed by atoms with E-state index in [1.807, 2.05) is 12.1 Å².